The van der Waals surface area contributed by atoms with Crippen molar-refractivity contribution in [1.82, 2.24) is 9.38 Å². The molecular weight excluding hydrogens is 480 g/mol. The molecule has 26 heavy (non-hydrogen) atoms. The molecule has 2 aromatic carbocycles. The molecular formula is C19H14Br2N2O2S. The predicted octanol–water partition coefficient (Wildman–Crippen LogP) is 4.61. The third kappa shape index (κ3) is 2.78. The van der Waals surface area contributed by atoms with Gasteiger partial charge in [-0.05, 0) is 71.2 Å². The van der Waals surface area contributed by atoms with Gasteiger partial charge in [0.05, 0.1) is 27.1 Å². The second kappa shape index (κ2) is 6.48. The Kier molecular flexibility index (Phi) is 4.41. The van der Waals surface area contributed by atoms with Crippen molar-refractivity contribution in [3.63, 3.8) is 0 Å². The molecule has 0 radical (unpaired) electrons. The van der Waals surface area contributed by atoms with E-state index in [-0.39, 0.29) is 5.56 Å². The minimum Gasteiger partial charge on any atom is -0.495 e. The van der Waals surface area contributed by atoms with Crippen LogP contribution in [-0.4, -0.2) is 16.5 Å². The van der Waals surface area contributed by atoms with Crippen LogP contribution in [0.3, 0.4) is 0 Å². The van der Waals surface area contributed by atoms with E-state index in [0.717, 1.165) is 31.1 Å². The van der Waals surface area contributed by atoms with Crippen LogP contribution in [0.15, 0.2) is 38.0 Å². The van der Waals surface area contributed by atoms with Crippen LogP contribution in [0, 0.1) is 13.8 Å². The number of fused-ring (bicyclic) bond motifs is 3. The van der Waals surface area contributed by atoms with Crippen molar-refractivity contribution in [3.8, 4) is 5.75 Å². The Hall–Kier alpha value is -1.70. The second-order valence-corrected chi connectivity index (χ2v) is 8.86. The molecule has 0 spiro atoms. The molecule has 7 heteroatoms. The van der Waals surface area contributed by atoms with Crippen LogP contribution in [0.1, 0.15) is 16.7 Å². The molecule has 0 aliphatic carbocycles. The normalized spacial score (nSPS) is 12.4. The molecule has 4 aromatic rings. The third-order valence-corrected chi connectivity index (χ3v) is 6.40. The Labute approximate surface area is 170 Å². The van der Waals surface area contributed by atoms with Gasteiger partial charge < -0.3 is 4.74 Å². The van der Waals surface area contributed by atoms with Crippen LogP contribution in [0.25, 0.3) is 22.1 Å². The summed E-state index contributed by atoms with van der Waals surface area (Å²) < 4.78 is 9.52. The van der Waals surface area contributed by atoms with Crippen molar-refractivity contribution >= 4 is 65.3 Å². The number of aryl methyl sites for hydroxylation is 2. The lowest BCUT2D eigenvalue weighted by Crippen LogP contribution is -2.22. The van der Waals surface area contributed by atoms with Crippen molar-refractivity contribution < 1.29 is 4.74 Å². The number of ether oxygens (including phenoxy) is 1. The van der Waals surface area contributed by atoms with Crippen molar-refractivity contribution in [2.45, 2.75) is 13.8 Å². The molecule has 0 bridgehead atoms. The lowest BCUT2D eigenvalue weighted by Gasteiger charge is -2.07. The zero-order valence-electron chi connectivity index (χ0n) is 14.3. The first-order valence-electron chi connectivity index (χ1n) is 7.86. The molecule has 0 N–H and O–H groups in total. The summed E-state index contributed by atoms with van der Waals surface area (Å²) >= 11 is 8.37. The molecule has 0 atom stereocenters. The van der Waals surface area contributed by atoms with Crippen LogP contribution in [-0.2, 0) is 0 Å². The lowest BCUT2D eigenvalue weighted by atomic mass is 10.1. The van der Waals surface area contributed by atoms with E-state index in [1.54, 1.807) is 11.5 Å². The Balaban J connectivity index is 2.02. The van der Waals surface area contributed by atoms with Crippen LogP contribution >= 0.6 is 43.2 Å². The third-order valence-electron chi connectivity index (χ3n) is 4.38. The van der Waals surface area contributed by atoms with Gasteiger partial charge in [-0.25, -0.2) is 9.38 Å². The molecule has 132 valence electrons. The first-order chi connectivity index (χ1) is 12.4. The number of halogens is 2. The SMILES string of the molecule is COc1c(Br)cc(Br)cc1/C=c1\sc2nc3cc(C)c(C)cc3n2c1=O. The maximum absolute atomic E-state index is 13.0. The molecule has 2 aromatic heterocycles. The number of hydrogen-bond acceptors (Lipinski definition) is 4. The maximum atomic E-state index is 13.0. The number of aromatic nitrogens is 2. The van der Waals surface area contributed by atoms with Gasteiger partial charge in [-0.2, -0.15) is 0 Å². The zero-order chi connectivity index (χ0) is 18.6. The van der Waals surface area contributed by atoms with E-state index in [4.69, 9.17) is 4.74 Å². The molecule has 0 saturated heterocycles. The monoisotopic (exact) mass is 492 g/mol. The number of hydrogen-bond donors (Lipinski definition) is 0. The van der Waals surface area contributed by atoms with E-state index in [2.05, 4.69) is 43.8 Å². The van der Waals surface area contributed by atoms with Crippen molar-refractivity contribution in [1.29, 1.82) is 0 Å². The van der Waals surface area contributed by atoms with E-state index in [1.165, 1.54) is 16.9 Å². The highest BCUT2D eigenvalue weighted by molar-refractivity contribution is 9.11. The first-order valence-corrected chi connectivity index (χ1v) is 10.3. The van der Waals surface area contributed by atoms with Gasteiger partial charge in [0.15, 0.2) is 4.96 Å². The van der Waals surface area contributed by atoms with Crippen LogP contribution in [0.4, 0.5) is 0 Å². The lowest BCUT2D eigenvalue weighted by molar-refractivity contribution is 0.411. The molecule has 0 saturated carbocycles. The number of rotatable bonds is 2. The molecule has 0 aliphatic heterocycles. The second-order valence-electron chi connectivity index (χ2n) is 6.08. The van der Waals surface area contributed by atoms with Crippen molar-refractivity contribution in [3.05, 3.63) is 64.8 Å². The van der Waals surface area contributed by atoms with Gasteiger partial charge in [0.1, 0.15) is 5.75 Å². The summed E-state index contributed by atoms with van der Waals surface area (Å²) in [5.74, 6) is 0.690. The summed E-state index contributed by atoms with van der Waals surface area (Å²) in [6.45, 7) is 4.10. The summed E-state index contributed by atoms with van der Waals surface area (Å²) in [5.41, 5.74) is 4.79. The smallest absolute Gasteiger partial charge is 0.274 e. The summed E-state index contributed by atoms with van der Waals surface area (Å²) in [6.07, 6.45) is 1.85. The van der Waals surface area contributed by atoms with Crippen LogP contribution in [0.2, 0.25) is 0 Å². The zero-order valence-corrected chi connectivity index (χ0v) is 18.3. The van der Waals surface area contributed by atoms with E-state index in [1.807, 2.05) is 37.3 Å². The average Bonchev–Trinajstić information content (AvgIpc) is 3.05. The van der Waals surface area contributed by atoms with Gasteiger partial charge in [0.25, 0.3) is 5.56 Å². The highest BCUT2D eigenvalue weighted by Gasteiger charge is 2.14. The maximum Gasteiger partial charge on any atom is 0.274 e. The summed E-state index contributed by atoms with van der Waals surface area (Å²) in [4.78, 5) is 18.3. The van der Waals surface area contributed by atoms with E-state index >= 15 is 0 Å². The minimum atomic E-state index is -0.0612. The highest BCUT2D eigenvalue weighted by Crippen LogP contribution is 2.33. The number of thiazole rings is 1. The van der Waals surface area contributed by atoms with Crippen molar-refractivity contribution in [2.24, 2.45) is 0 Å². The Morgan fingerprint density at radius 2 is 1.88 bits per heavy atom. The molecule has 4 rings (SSSR count). The van der Waals surface area contributed by atoms with Crippen LogP contribution in [0.5, 0.6) is 5.75 Å². The summed E-state index contributed by atoms with van der Waals surface area (Å²) in [7, 11) is 1.61. The predicted molar refractivity (Wildman–Crippen MR) is 113 cm³/mol. The van der Waals surface area contributed by atoms with Crippen molar-refractivity contribution in [2.75, 3.05) is 7.11 Å². The topological polar surface area (TPSA) is 43.6 Å². The van der Waals surface area contributed by atoms with E-state index < -0.39 is 0 Å². The number of methoxy groups -OCH3 is 1. The average molecular weight is 494 g/mol. The number of imidazole rings is 1. The van der Waals surface area contributed by atoms with Gasteiger partial charge in [-0.3, -0.25) is 4.79 Å². The fourth-order valence-corrected chi connectivity index (χ4v) is 5.36. The fraction of sp³-hybridized carbons (Fsp3) is 0.158. The Morgan fingerprint density at radius 1 is 1.15 bits per heavy atom. The molecule has 2 heterocycles. The fourth-order valence-electron chi connectivity index (χ4n) is 2.96. The molecule has 0 aliphatic rings. The standard InChI is InChI=1S/C19H14Br2N2O2S/c1-9-4-14-15(5-10(9)2)23-18(24)16(26-19(23)22-14)7-11-6-12(20)8-13(21)17(11)25-3/h4-8H,1-3H3/b16-7-. The summed E-state index contributed by atoms with van der Waals surface area (Å²) in [5, 5.41) is 0. The Bertz CT molecular complexity index is 1290. The Morgan fingerprint density at radius 3 is 2.62 bits per heavy atom. The first kappa shape index (κ1) is 17.7. The molecule has 0 fully saturated rings. The van der Waals surface area contributed by atoms with Crippen LogP contribution < -0.4 is 14.8 Å². The summed E-state index contributed by atoms with van der Waals surface area (Å²) in [6, 6.07) is 7.89. The quantitative estimate of drug-likeness (QED) is 0.409. The van der Waals surface area contributed by atoms with Gasteiger partial charge in [-0.1, -0.05) is 27.3 Å². The van der Waals surface area contributed by atoms with E-state index in [0.29, 0.717) is 15.2 Å². The largest absolute Gasteiger partial charge is 0.495 e. The molecule has 4 nitrogen and oxygen atoms in total. The number of nitrogens with zero attached hydrogens (tertiary/aromatic N) is 2. The van der Waals surface area contributed by atoms with Gasteiger partial charge in [-0.15, -0.1) is 0 Å². The molecule has 0 amide bonds. The van der Waals surface area contributed by atoms with E-state index in [9.17, 15) is 4.79 Å². The van der Waals surface area contributed by atoms with Gasteiger partial charge in [0, 0.05) is 10.0 Å². The van der Waals surface area contributed by atoms with Gasteiger partial charge in [0.2, 0.25) is 0 Å². The highest BCUT2D eigenvalue weighted by atomic mass is 79.9. The van der Waals surface area contributed by atoms with Gasteiger partial charge >= 0.3 is 0 Å². The molecule has 0 unspecified atom stereocenters. The number of benzene rings is 2. The minimum absolute atomic E-state index is 0.0612.